The molecule has 0 saturated carbocycles. The molecule has 4 amide bonds. The smallest absolute Gasteiger partial charge is 0.409 e. The molecule has 3 heterocycles. The Labute approximate surface area is 242 Å². The number of carboxylic acid groups (broad SMARTS) is 1. The van der Waals surface area contributed by atoms with Crippen molar-refractivity contribution < 1.29 is 43.7 Å². The first-order valence-electron chi connectivity index (χ1n) is 13.9. The number of benzene rings is 1. The molecule has 0 bridgehead atoms. The van der Waals surface area contributed by atoms with Crippen LogP contribution < -0.4 is 10.1 Å². The van der Waals surface area contributed by atoms with Crippen LogP contribution in [0.25, 0.3) is 10.9 Å². The molecule has 2 fully saturated rings. The minimum Gasteiger partial charge on any atom is -0.483 e. The normalized spacial score (nSPS) is 17.6. The number of aliphatic hydroxyl groups excluding tert-OH is 1. The maximum atomic E-state index is 13.4. The summed E-state index contributed by atoms with van der Waals surface area (Å²) in [6.07, 6.45) is -1.04. The molecule has 14 nitrogen and oxygen atoms in total. The highest BCUT2D eigenvalue weighted by Crippen LogP contribution is 2.26. The largest absolute Gasteiger partial charge is 0.483 e. The maximum absolute atomic E-state index is 13.4. The quantitative estimate of drug-likeness (QED) is 0.355. The van der Waals surface area contributed by atoms with Crippen molar-refractivity contribution in [1.82, 2.24) is 25.0 Å². The van der Waals surface area contributed by atoms with Crippen LogP contribution in [-0.2, 0) is 19.1 Å². The molecule has 4 rings (SSSR count). The Morgan fingerprint density at radius 2 is 1.76 bits per heavy atom. The number of aliphatic carboxylic acids is 1. The van der Waals surface area contributed by atoms with Gasteiger partial charge in [-0.3, -0.25) is 19.2 Å². The lowest BCUT2D eigenvalue weighted by molar-refractivity contribution is -0.138. The highest BCUT2D eigenvalue weighted by molar-refractivity contribution is 5.99. The lowest BCUT2D eigenvalue weighted by Gasteiger charge is -2.35. The third-order valence-corrected chi connectivity index (χ3v) is 7.15. The van der Waals surface area contributed by atoms with Gasteiger partial charge in [0.05, 0.1) is 18.2 Å². The summed E-state index contributed by atoms with van der Waals surface area (Å²) in [7, 11) is 0. The Morgan fingerprint density at radius 1 is 1.05 bits per heavy atom. The van der Waals surface area contributed by atoms with Crippen LogP contribution in [0.2, 0.25) is 0 Å². The van der Waals surface area contributed by atoms with Gasteiger partial charge in [-0.05, 0) is 31.9 Å². The minimum atomic E-state index is -1.15. The molecule has 0 aliphatic carbocycles. The van der Waals surface area contributed by atoms with Crippen LogP contribution >= 0.6 is 0 Å². The van der Waals surface area contributed by atoms with Crippen molar-refractivity contribution in [1.29, 1.82) is 0 Å². The van der Waals surface area contributed by atoms with Crippen molar-refractivity contribution in [3.8, 4) is 5.75 Å². The number of hydrogen-bond acceptors (Lipinski definition) is 9. The first-order valence-corrected chi connectivity index (χ1v) is 13.9. The molecule has 14 heteroatoms. The van der Waals surface area contributed by atoms with Crippen molar-refractivity contribution >= 4 is 40.7 Å². The molecule has 3 N–H and O–H groups in total. The van der Waals surface area contributed by atoms with Gasteiger partial charge in [-0.15, -0.1) is 0 Å². The fourth-order valence-electron chi connectivity index (χ4n) is 4.88. The van der Waals surface area contributed by atoms with Gasteiger partial charge in [0.1, 0.15) is 17.5 Å². The number of nitrogens with one attached hydrogen (secondary N) is 1. The van der Waals surface area contributed by atoms with Gasteiger partial charge in [-0.2, -0.15) is 0 Å². The molecule has 42 heavy (non-hydrogen) atoms. The summed E-state index contributed by atoms with van der Waals surface area (Å²) < 4.78 is 10.8. The molecule has 1 aromatic heterocycles. The predicted molar refractivity (Wildman–Crippen MR) is 148 cm³/mol. The number of piperazine rings is 1. The van der Waals surface area contributed by atoms with E-state index in [-0.39, 0.29) is 76.1 Å². The van der Waals surface area contributed by atoms with Crippen LogP contribution in [0.15, 0.2) is 30.3 Å². The fourth-order valence-corrected chi connectivity index (χ4v) is 4.88. The Kier molecular flexibility index (Phi) is 10.1. The Morgan fingerprint density at radius 3 is 2.43 bits per heavy atom. The van der Waals surface area contributed by atoms with Crippen LogP contribution in [-0.4, -0.2) is 124 Å². The van der Waals surface area contributed by atoms with E-state index in [9.17, 15) is 34.2 Å². The van der Waals surface area contributed by atoms with E-state index >= 15 is 0 Å². The van der Waals surface area contributed by atoms with Crippen LogP contribution in [0.4, 0.5) is 4.79 Å². The zero-order valence-electron chi connectivity index (χ0n) is 23.4. The van der Waals surface area contributed by atoms with Crippen molar-refractivity contribution in [2.24, 2.45) is 0 Å². The lowest BCUT2D eigenvalue weighted by atomic mass is 10.1. The summed E-state index contributed by atoms with van der Waals surface area (Å²) in [6.45, 7) is 3.17. The number of aromatic nitrogens is 1. The van der Waals surface area contributed by atoms with E-state index in [4.69, 9.17) is 9.47 Å². The van der Waals surface area contributed by atoms with E-state index in [1.54, 1.807) is 31.2 Å². The summed E-state index contributed by atoms with van der Waals surface area (Å²) in [5.74, 6) is -2.37. The Balaban J connectivity index is 1.48. The van der Waals surface area contributed by atoms with Gasteiger partial charge in [-0.1, -0.05) is 12.1 Å². The number of ether oxygens (including phenoxy) is 2. The highest BCUT2D eigenvalue weighted by Gasteiger charge is 2.31. The first kappa shape index (κ1) is 30.5. The molecule has 0 radical (unpaired) electrons. The summed E-state index contributed by atoms with van der Waals surface area (Å²) in [4.78, 5) is 71.5. The number of fused-ring (bicyclic) bond motifs is 1. The van der Waals surface area contributed by atoms with Gasteiger partial charge in [0.15, 0.2) is 6.61 Å². The fraction of sp³-hybridized carbons (Fsp3) is 0.500. The van der Waals surface area contributed by atoms with Gasteiger partial charge >= 0.3 is 12.1 Å². The maximum Gasteiger partial charge on any atom is 0.409 e. The molecular weight excluding hydrogens is 550 g/mol. The molecule has 1 aromatic carbocycles. The number of nitrogens with zero attached hydrogens (tertiary/aromatic N) is 4. The van der Waals surface area contributed by atoms with Gasteiger partial charge in [0, 0.05) is 57.1 Å². The van der Waals surface area contributed by atoms with Crippen LogP contribution in [0.3, 0.4) is 0 Å². The van der Waals surface area contributed by atoms with Crippen LogP contribution in [0.5, 0.6) is 5.75 Å². The van der Waals surface area contributed by atoms with Crippen molar-refractivity contribution in [3.05, 3.63) is 36.0 Å². The lowest BCUT2D eigenvalue weighted by Crippen LogP contribution is -2.56. The number of rotatable bonds is 10. The number of β-amino-alcohol motifs (C(OH)–C–C–N with tert-alkyl or cyclic N) is 1. The highest BCUT2D eigenvalue weighted by atomic mass is 16.6. The molecule has 2 aliphatic rings. The molecule has 2 atom stereocenters. The molecule has 0 unspecified atom stereocenters. The van der Waals surface area contributed by atoms with E-state index in [2.05, 4.69) is 10.3 Å². The van der Waals surface area contributed by atoms with Crippen molar-refractivity contribution in [3.63, 3.8) is 0 Å². The van der Waals surface area contributed by atoms with E-state index in [1.807, 2.05) is 0 Å². The van der Waals surface area contributed by atoms with Gasteiger partial charge < -0.3 is 39.7 Å². The van der Waals surface area contributed by atoms with Gasteiger partial charge in [0.25, 0.3) is 11.8 Å². The van der Waals surface area contributed by atoms with Crippen molar-refractivity contribution in [2.45, 2.75) is 38.3 Å². The monoisotopic (exact) mass is 585 g/mol. The average Bonchev–Trinajstić information content (AvgIpc) is 3.43. The van der Waals surface area contributed by atoms with Crippen LogP contribution in [0, 0.1) is 0 Å². The molecule has 2 aromatic rings. The minimum absolute atomic E-state index is 0.0759. The Bertz CT molecular complexity index is 1330. The predicted octanol–water partition coefficient (Wildman–Crippen LogP) is 0.471. The third-order valence-electron chi connectivity index (χ3n) is 7.15. The first-order chi connectivity index (χ1) is 20.2. The van der Waals surface area contributed by atoms with Crippen LogP contribution in [0.1, 0.15) is 36.7 Å². The second-order valence-electron chi connectivity index (χ2n) is 10.1. The van der Waals surface area contributed by atoms with Crippen molar-refractivity contribution in [2.75, 3.05) is 52.5 Å². The average molecular weight is 586 g/mol. The van der Waals surface area contributed by atoms with Gasteiger partial charge in [0.2, 0.25) is 5.91 Å². The zero-order chi connectivity index (χ0) is 30.2. The van der Waals surface area contributed by atoms with E-state index in [0.717, 1.165) is 0 Å². The number of carboxylic acids is 1. The molecule has 2 saturated heterocycles. The van der Waals surface area contributed by atoms with Gasteiger partial charge in [-0.25, -0.2) is 9.78 Å². The zero-order valence-corrected chi connectivity index (χ0v) is 23.4. The second kappa shape index (κ2) is 13.9. The summed E-state index contributed by atoms with van der Waals surface area (Å²) in [5.41, 5.74) is 0.348. The number of amides is 4. The van der Waals surface area contributed by atoms with E-state index < -0.39 is 36.0 Å². The number of pyridine rings is 1. The summed E-state index contributed by atoms with van der Waals surface area (Å²) in [5, 5.41) is 22.2. The molecule has 0 spiro atoms. The molecule has 2 aliphatic heterocycles. The Hall–Kier alpha value is -4.46. The van der Waals surface area contributed by atoms with E-state index in [1.165, 1.54) is 20.8 Å². The number of para-hydroxylation sites is 1. The number of carbonyl (C=O) groups is 5. The molecular formula is C28H35N5O9. The number of likely N-dealkylation sites (tertiary alicyclic amines) is 1. The van der Waals surface area contributed by atoms with E-state index in [0.29, 0.717) is 23.9 Å². The second-order valence-corrected chi connectivity index (χ2v) is 10.1. The molecule has 226 valence electrons. The standard InChI is InChI=1S/C28H35N5O9/c1-2-41-28(40)32-13-11-31(12-14-32)27(39)21(7-8-25(36)37)30-26(38)22-15-23(19-5-3-4-6-20(19)29-22)42-17-24(35)33-10-9-18(34)16-33/h3-6,15,18,21,34H,2,7-14,16-17H2,1H3,(H,30,38)(H,36,37)/t18-,21-/m0/s1. The number of hydrogen-bond donors (Lipinski definition) is 3. The third kappa shape index (κ3) is 7.63. The summed E-state index contributed by atoms with van der Waals surface area (Å²) in [6, 6.07) is 7.13. The topological polar surface area (TPSA) is 179 Å². The summed E-state index contributed by atoms with van der Waals surface area (Å²) >= 11 is 0. The number of aliphatic hydroxyl groups is 1. The number of carbonyl (C=O) groups excluding carboxylic acids is 4. The SMILES string of the molecule is CCOC(=O)N1CCN(C(=O)[C@H](CCC(=O)O)NC(=O)c2cc(OCC(=O)N3CC[C@H](O)C3)c3ccccc3n2)CC1.